The van der Waals surface area contributed by atoms with E-state index in [2.05, 4.69) is 17.2 Å². The van der Waals surface area contributed by atoms with Gasteiger partial charge in [0.2, 0.25) is 0 Å². The number of thiophene rings is 1. The highest BCUT2D eigenvalue weighted by atomic mass is 32.1. The van der Waals surface area contributed by atoms with Crippen LogP contribution in [0.3, 0.4) is 0 Å². The van der Waals surface area contributed by atoms with Gasteiger partial charge in [-0.15, -0.1) is 11.3 Å². The molecular formula is C23H22N4OS. The summed E-state index contributed by atoms with van der Waals surface area (Å²) in [5.41, 5.74) is 4.28. The molecule has 0 spiro atoms. The molecule has 0 aliphatic heterocycles. The summed E-state index contributed by atoms with van der Waals surface area (Å²) < 4.78 is 1.78. The average Bonchev–Trinajstić information content (AvgIpc) is 3.34. The van der Waals surface area contributed by atoms with Gasteiger partial charge in [-0.3, -0.25) is 9.48 Å². The number of carbonyl (C=O) groups is 1. The highest BCUT2D eigenvalue weighted by molar-refractivity contribution is 7.13. The molecule has 5 rings (SSSR count). The number of pyridine rings is 1. The van der Waals surface area contributed by atoms with Crippen LogP contribution in [0, 0.1) is 6.92 Å². The minimum atomic E-state index is 0.0673. The summed E-state index contributed by atoms with van der Waals surface area (Å²) >= 11 is 1.63. The average molecular weight is 403 g/mol. The van der Waals surface area contributed by atoms with Crippen molar-refractivity contribution in [3.8, 4) is 10.6 Å². The topological polar surface area (TPSA) is 51.0 Å². The van der Waals surface area contributed by atoms with E-state index in [9.17, 15) is 4.79 Å². The monoisotopic (exact) mass is 402 g/mol. The lowest BCUT2D eigenvalue weighted by Crippen LogP contribution is -2.32. The molecule has 6 heteroatoms. The van der Waals surface area contributed by atoms with E-state index in [0.29, 0.717) is 18.2 Å². The van der Waals surface area contributed by atoms with Gasteiger partial charge in [0.05, 0.1) is 27.2 Å². The second-order valence-electron chi connectivity index (χ2n) is 7.59. The number of hydrogen-bond acceptors (Lipinski definition) is 4. The Morgan fingerprint density at radius 1 is 1.21 bits per heavy atom. The number of nitrogens with zero attached hydrogens (tertiary/aromatic N) is 4. The second-order valence-corrected chi connectivity index (χ2v) is 8.54. The Bertz CT molecular complexity index is 1180. The maximum atomic E-state index is 13.8. The summed E-state index contributed by atoms with van der Waals surface area (Å²) in [5.74, 6) is 0.0673. The van der Waals surface area contributed by atoms with Gasteiger partial charge in [-0.25, -0.2) is 4.98 Å². The van der Waals surface area contributed by atoms with Crippen LogP contribution in [0.5, 0.6) is 0 Å². The molecule has 1 fully saturated rings. The number of rotatable bonds is 5. The van der Waals surface area contributed by atoms with Gasteiger partial charge in [0.1, 0.15) is 0 Å². The highest BCUT2D eigenvalue weighted by Crippen LogP contribution is 2.34. The summed E-state index contributed by atoms with van der Waals surface area (Å²) in [6.07, 6.45) is 2.13. The molecule has 1 aliphatic carbocycles. The Labute approximate surface area is 173 Å². The minimum Gasteiger partial charge on any atom is -0.331 e. The van der Waals surface area contributed by atoms with E-state index < -0.39 is 0 Å². The normalized spacial score (nSPS) is 13.7. The Morgan fingerprint density at radius 2 is 2.00 bits per heavy atom. The van der Waals surface area contributed by atoms with Crippen molar-refractivity contribution in [1.82, 2.24) is 19.7 Å². The summed E-state index contributed by atoms with van der Waals surface area (Å²) in [6, 6.07) is 16.5. The third-order valence-corrected chi connectivity index (χ3v) is 6.31. The molecule has 0 saturated heterocycles. The van der Waals surface area contributed by atoms with Crippen molar-refractivity contribution in [2.75, 3.05) is 0 Å². The SMILES string of the molecule is Cc1nn(C)c2nc(-c3cccs3)cc(C(=O)N(Cc3ccccc3)C3CC3)c12. The molecular weight excluding hydrogens is 380 g/mol. The molecule has 1 amide bonds. The fraction of sp³-hybridized carbons (Fsp3) is 0.261. The molecule has 1 saturated carbocycles. The van der Waals surface area contributed by atoms with E-state index in [1.165, 1.54) is 0 Å². The Kier molecular flexibility index (Phi) is 4.43. The van der Waals surface area contributed by atoms with Crippen LogP contribution in [0.4, 0.5) is 0 Å². The van der Waals surface area contributed by atoms with Crippen LogP contribution < -0.4 is 0 Å². The maximum absolute atomic E-state index is 13.8. The van der Waals surface area contributed by atoms with Gasteiger partial charge in [0.15, 0.2) is 5.65 Å². The number of hydrogen-bond donors (Lipinski definition) is 0. The first kappa shape index (κ1) is 18.1. The quantitative estimate of drug-likeness (QED) is 0.481. The van der Waals surface area contributed by atoms with E-state index in [4.69, 9.17) is 4.98 Å². The Hall–Kier alpha value is -2.99. The molecule has 0 bridgehead atoms. The summed E-state index contributed by atoms with van der Waals surface area (Å²) in [4.78, 5) is 21.7. The molecule has 0 atom stereocenters. The minimum absolute atomic E-state index is 0.0673. The van der Waals surface area contributed by atoms with E-state index in [1.807, 2.05) is 60.6 Å². The van der Waals surface area contributed by atoms with Crippen molar-refractivity contribution in [3.05, 3.63) is 70.7 Å². The molecule has 1 aromatic carbocycles. The van der Waals surface area contributed by atoms with Gasteiger partial charge in [-0.2, -0.15) is 5.10 Å². The van der Waals surface area contributed by atoms with Crippen LogP contribution in [-0.4, -0.2) is 31.6 Å². The molecule has 3 heterocycles. The molecule has 0 unspecified atom stereocenters. The van der Waals surface area contributed by atoms with Crippen molar-refractivity contribution >= 4 is 28.3 Å². The van der Waals surface area contributed by atoms with Gasteiger partial charge in [0.25, 0.3) is 5.91 Å². The van der Waals surface area contributed by atoms with Gasteiger partial charge >= 0.3 is 0 Å². The van der Waals surface area contributed by atoms with Crippen molar-refractivity contribution in [2.45, 2.75) is 32.4 Å². The van der Waals surface area contributed by atoms with Crippen LogP contribution >= 0.6 is 11.3 Å². The zero-order valence-corrected chi connectivity index (χ0v) is 17.3. The summed E-state index contributed by atoms with van der Waals surface area (Å²) in [6.45, 7) is 2.58. The standard InChI is InChI=1S/C23H22N4OS/c1-15-21-18(13-19(20-9-6-12-29-20)24-22(21)26(2)25-15)23(28)27(17-10-11-17)14-16-7-4-3-5-8-16/h3-9,12-13,17H,10-11,14H2,1-2H3. The predicted octanol–water partition coefficient (Wildman–Crippen LogP) is 4.81. The lowest BCUT2D eigenvalue weighted by Gasteiger charge is -2.23. The third-order valence-electron chi connectivity index (χ3n) is 5.42. The molecule has 0 N–H and O–H groups in total. The first-order chi connectivity index (χ1) is 14.1. The van der Waals surface area contributed by atoms with Crippen LogP contribution in [0.2, 0.25) is 0 Å². The van der Waals surface area contributed by atoms with E-state index >= 15 is 0 Å². The largest absolute Gasteiger partial charge is 0.331 e. The van der Waals surface area contributed by atoms with Crippen molar-refractivity contribution in [1.29, 1.82) is 0 Å². The van der Waals surface area contributed by atoms with Crippen molar-refractivity contribution in [3.63, 3.8) is 0 Å². The van der Waals surface area contributed by atoms with Crippen LogP contribution in [-0.2, 0) is 13.6 Å². The summed E-state index contributed by atoms with van der Waals surface area (Å²) in [7, 11) is 1.89. The molecule has 0 radical (unpaired) electrons. The number of fused-ring (bicyclic) bond motifs is 1. The fourth-order valence-corrected chi connectivity index (χ4v) is 4.54. The van der Waals surface area contributed by atoms with E-state index in [1.54, 1.807) is 16.0 Å². The van der Waals surface area contributed by atoms with Gasteiger partial charge in [0, 0.05) is 19.6 Å². The van der Waals surface area contributed by atoms with Gasteiger partial charge < -0.3 is 4.90 Å². The number of aromatic nitrogens is 3. The van der Waals surface area contributed by atoms with Crippen molar-refractivity contribution < 1.29 is 4.79 Å². The third kappa shape index (κ3) is 3.34. The van der Waals surface area contributed by atoms with Gasteiger partial charge in [-0.1, -0.05) is 36.4 Å². The smallest absolute Gasteiger partial charge is 0.255 e. The second kappa shape index (κ2) is 7.12. The predicted molar refractivity (Wildman–Crippen MR) is 116 cm³/mol. The first-order valence-corrected chi connectivity index (χ1v) is 10.7. The molecule has 146 valence electrons. The molecule has 3 aromatic heterocycles. The number of aryl methyl sites for hydroxylation is 2. The fourth-order valence-electron chi connectivity index (χ4n) is 3.85. The Balaban J connectivity index is 1.63. The molecule has 4 aromatic rings. The first-order valence-electron chi connectivity index (χ1n) is 9.85. The molecule has 1 aliphatic rings. The van der Waals surface area contributed by atoms with Gasteiger partial charge in [-0.05, 0) is 42.8 Å². The van der Waals surface area contributed by atoms with Crippen LogP contribution in [0.15, 0.2) is 53.9 Å². The summed E-state index contributed by atoms with van der Waals surface area (Å²) in [5, 5.41) is 7.44. The van der Waals surface area contributed by atoms with E-state index in [-0.39, 0.29) is 5.91 Å². The number of benzene rings is 1. The maximum Gasteiger partial charge on any atom is 0.255 e. The van der Waals surface area contributed by atoms with E-state index in [0.717, 1.165) is 45.7 Å². The highest BCUT2D eigenvalue weighted by Gasteiger charge is 2.34. The van der Waals surface area contributed by atoms with Crippen molar-refractivity contribution in [2.24, 2.45) is 7.05 Å². The lowest BCUT2D eigenvalue weighted by atomic mass is 10.1. The zero-order chi connectivity index (χ0) is 20.0. The number of carbonyl (C=O) groups excluding carboxylic acids is 1. The Morgan fingerprint density at radius 3 is 2.69 bits per heavy atom. The number of amides is 1. The zero-order valence-electron chi connectivity index (χ0n) is 16.5. The van der Waals surface area contributed by atoms with Crippen LogP contribution in [0.1, 0.15) is 34.5 Å². The lowest BCUT2D eigenvalue weighted by molar-refractivity contribution is 0.0732. The van der Waals surface area contributed by atoms with Crippen LogP contribution in [0.25, 0.3) is 21.6 Å². The molecule has 29 heavy (non-hydrogen) atoms. The molecule has 5 nitrogen and oxygen atoms in total.